The van der Waals surface area contributed by atoms with Crippen molar-refractivity contribution in [2.75, 3.05) is 0 Å². The molecule has 4 aromatic rings. The molecule has 0 saturated carbocycles. The van der Waals surface area contributed by atoms with E-state index in [4.69, 9.17) is 10.00 Å². The van der Waals surface area contributed by atoms with Crippen LogP contribution in [-0.4, -0.2) is 31.9 Å². The molecule has 0 aliphatic carbocycles. The molecular formula is C25H20N6O2. The molecule has 2 atom stereocenters. The van der Waals surface area contributed by atoms with Crippen molar-refractivity contribution in [3.8, 4) is 6.07 Å². The normalized spacial score (nSPS) is 17.2. The molecule has 2 unspecified atom stereocenters. The third-order valence-electron chi connectivity index (χ3n) is 5.98. The van der Waals surface area contributed by atoms with Gasteiger partial charge in [-0.15, -0.1) is 0 Å². The lowest BCUT2D eigenvalue weighted by Crippen LogP contribution is -2.37. The van der Waals surface area contributed by atoms with E-state index in [0.29, 0.717) is 17.2 Å². The summed E-state index contributed by atoms with van der Waals surface area (Å²) in [5.41, 5.74) is 3.95. The number of ether oxygens (including phenoxy) is 1. The van der Waals surface area contributed by atoms with E-state index in [1.54, 1.807) is 35.9 Å². The second-order valence-electron chi connectivity index (χ2n) is 8.03. The van der Waals surface area contributed by atoms with Crippen LogP contribution in [0.5, 0.6) is 0 Å². The number of carbonyl (C=O) groups is 1. The van der Waals surface area contributed by atoms with Crippen LogP contribution in [-0.2, 0) is 16.1 Å². The number of nitriles is 1. The molecule has 2 heterocycles. The highest BCUT2D eigenvalue weighted by Gasteiger charge is 2.41. The van der Waals surface area contributed by atoms with Crippen LogP contribution in [0.4, 0.5) is 5.95 Å². The highest BCUT2D eigenvalue weighted by molar-refractivity contribution is 6.04. The molecular weight excluding hydrogens is 416 g/mol. The fourth-order valence-electron chi connectivity index (χ4n) is 4.34. The summed E-state index contributed by atoms with van der Waals surface area (Å²) in [7, 11) is 0. The van der Waals surface area contributed by atoms with Crippen molar-refractivity contribution in [1.29, 1.82) is 5.26 Å². The number of nitrogens with zero attached hydrogens (tertiary/aromatic N) is 6. The van der Waals surface area contributed by atoms with E-state index in [2.05, 4.69) is 32.7 Å². The Bertz CT molecular complexity index is 1430. The van der Waals surface area contributed by atoms with Crippen molar-refractivity contribution >= 4 is 28.4 Å². The van der Waals surface area contributed by atoms with Crippen LogP contribution in [0.25, 0.3) is 10.8 Å². The standard InChI is InChI=1S/C25H20N6O2/c1-15-7-12-19-5-3-4-6-20(19)21(15)23-22(16(2)27-25-28-29-30-31(23)25)24(32)33-14-18-10-8-17(13-26)9-11-18/h3-12,22-23H,14H2,1-2H3. The van der Waals surface area contributed by atoms with Gasteiger partial charge in [0, 0.05) is 5.71 Å². The van der Waals surface area contributed by atoms with Crippen molar-refractivity contribution in [3.05, 3.63) is 82.9 Å². The quantitative estimate of drug-likeness (QED) is 0.447. The van der Waals surface area contributed by atoms with Gasteiger partial charge in [0.2, 0.25) is 0 Å². The van der Waals surface area contributed by atoms with Crippen LogP contribution in [0.2, 0.25) is 0 Å². The second kappa shape index (κ2) is 8.28. The molecule has 162 valence electrons. The molecule has 1 aliphatic rings. The minimum Gasteiger partial charge on any atom is -0.460 e. The van der Waals surface area contributed by atoms with Gasteiger partial charge in [-0.25, -0.2) is 9.67 Å². The molecule has 0 fully saturated rings. The summed E-state index contributed by atoms with van der Waals surface area (Å²) in [6.07, 6.45) is 0. The van der Waals surface area contributed by atoms with Crippen LogP contribution in [0.3, 0.4) is 0 Å². The largest absolute Gasteiger partial charge is 0.460 e. The van der Waals surface area contributed by atoms with Gasteiger partial charge < -0.3 is 4.74 Å². The van der Waals surface area contributed by atoms with Crippen molar-refractivity contribution in [2.45, 2.75) is 26.5 Å². The lowest BCUT2D eigenvalue weighted by molar-refractivity contribution is -0.148. The van der Waals surface area contributed by atoms with Crippen LogP contribution < -0.4 is 0 Å². The van der Waals surface area contributed by atoms with Crippen molar-refractivity contribution in [1.82, 2.24) is 20.2 Å². The van der Waals surface area contributed by atoms with E-state index >= 15 is 0 Å². The number of hydrogen-bond donors (Lipinski definition) is 0. The fourth-order valence-corrected chi connectivity index (χ4v) is 4.34. The molecule has 1 aliphatic heterocycles. The molecule has 0 radical (unpaired) electrons. The Hall–Kier alpha value is -4.38. The number of esters is 1. The number of fused-ring (bicyclic) bond motifs is 2. The molecule has 5 rings (SSSR count). The Balaban J connectivity index is 1.55. The minimum atomic E-state index is -0.691. The minimum absolute atomic E-state index is 0.0953. The number of hydrogen-bond acceptors (Lipinski definition) is 7. The molecule has 8 nitrogen and oxygen atoms in total. The van der Waals surface area contributed by atoms with E-state index in [1.807, 2.05) is 37.3 Å². The zero-order chi connectivity index (χ0) is 22.9. The van der Waals surface area contributed by atoms with Gasteiger partial charge >= 0.3 is 5.97 Å². The first-order valence-corrected chi connectivity index (χ1v) is 10.5. The van der Waals surface area contributed by atoms with Gasteiger partial charge in [0.15, 0.2) is 0 Å². The Morgan fingerprint density at radius 2 is 1.88 bits per heavy atom. The predicted molar refractivity (Wildman–Crippen MR) is 122 cm³/mol. The first-order chi connectivity index (χ1) is 16.1. The van der Waals surface area contributed by atoms with Crippen LogP contribution in [0, 0.1) is 24.2 Å². The molecule has 0 saturated heterocycles. The molecule has 0 bridgehead atoms. The number of aryl methyl sites for hydroxylation is 1. The zero-order valence-corrected chi connectivity index (χ0v) is 18.1. The van der Waals surface area contributed by atoms with Gasteiger partial charge in [-0.2, -0.15) is 5.26 Å². The van der Waals surface area contributed by atoms with E-state index in [1.165, 1.54) is 0 Å². The number of tetrazole rings is 1. The second-order valence-corrected chi connectivity index (χ2v) is 8.03. The lowest BCUT2D eigenvalue weighted by atomic mass is 9.84. The summed E-state index contributed by atoms with van der Waals surface area (Å²) < 4.78 is 7.33. The van der Waals surface area contributed by atoms with Crippen LogP contribution in [0.1, 0.15) is 35.2 Å². The Labute approximate surface area is 190 Å². The summed E-state index contributed by atoms with van der Waals surface area (Å²) in [5.74, 6) is -0.732. The Morgan fingerprint density at radius 1 is 1.09 bits per heavy atom. The first-order valence-electron chi connectivity index (χ1n) is 10.5. The summed E-state index contributed by atoms with van der Waals surface area (Å²) in [4.78, 5) is 17.9. The third-order valence-corrected chi connectivity index (χ3v) is 5.98. The number of rotatable bonds is 4. The molecule has 0 N–H and O–H groups in total. The Morgan fingerprint density at radius 3 is 2.67 bits per heavy atom. The summed E-state index contributed by atoms with van der Waals surface area (Å²) in [6.45, 7) is 3.92. The SMILES string of the molecule is CC1=Nc2nnnn2C(c2c(C)ccc3ccccc23)C1C(=O)OCc1ccc(C#N)cc1. The van der Waals surface area contributed by atoms with E-state index in [-0.39, 0.29) is 6.61 Å². The first kappa shape index (κ1) is 20.5. The van der Waals surface area contributed by atoms with Crippen LogP contribution in [0.15, 0.2) is 65.7 Å². The molecule has 8 heteroatoms. The maximum Gasteiger partial charge on any atom is 0.317 e. The van der Waals surface area contributed by atoms with Gasteiger partial charge in [-0.3, -0.25) is 4.79 Å². The summed E-state index contributed by atoms with van der Waals surface area (Å²) in [5, 5.41) is 23.1. The maximum atomic E-state index is 13.4. The average Bonchev–Trinajstić information content (AvgIpc) is 3.30. The predicted octanol–water partition coefficient (Wildman–Crippen LogP) is 4.06. The van der Waals surface area contributed by atoms with Gasteiger partial charge in [-0.1, -0.05) is 53.6 Å². The van der Waals surface area contributed by atoms with E-state index < -0.39 is 17.9 Å². The fraction of sp³-hybridized carbons (Fsp3) is 0.200. The van der Waals surface area contributed by atoms with Gasteiger partial charge in [0.25, 0.3) is 5.95 Å². The highest BCUT2D eigenvalue weighted by Crippen LogP contribution is 2.40. The number of aromatic nitrogens is 4. The smallest absolute Gasteiger partial charge is 0.317 e. The van der Waals surface area contributed by atoms with Crippen molar-refractivity contribution in [3.63, 3.8) is 0 Å². The summed E-state index contributed by atoms with van der Waals surface area (Å²) in [6, 6.07) is 20.7. The van der Waals surface area contributed by atoms with E-state index in [0.717, 1.165) is 27.5 Å². The highest BCUT2D eigenvalue weighted by atomic mass is 16.5. The maximum absolute atomic E-state index is 13.4. The summed E-state index contributed by atoms with van der Waals surface area (Å²) >= 11 is 0. The number of carbonyl (C=O) groups excluding carboxylic acids is 1. The van der Waals surface area contributed by atoms with Gasteiger partial charge in [0.1, 0.15) is 18.6 Å². The third kappa shape index (κ3) is 3.64. The number of benzene rings is 3. The van der Waals surface area contributed by atoms with Crippen molar-refractivity contribution < 1.29 is 9.53 Å². The molecule has 0 amide bonds. The topological polar surface area (TPSA) is 106 Å². The van der Waals surface area contributed by atoms with Crippen LogP contribution >= 0.6 is 0 Å². The average molecular weight is 436 g/mol. The monoisotopic (exact) mass is 436 g/mol. The van der Waals surface area contributed by atoms with E-state index in [9.17, 15) is 4.79 Å². The molecule has 33 heavy (non-hydrogen) atoms. The zero-order valence-electron chi connectivity index (χ0n) is 18.1. The Kier molecular flexibility index (Phi) is 5.15. The molecule has 1 aromatic heterocycles. The van der Waals surface area contributed by atoms with Gasteiger partial charge in [-0.05, 0) is 63.9 Å². The number of aliphatic imine (C=N–C) groups is 1. The van der Waals surface area contributed by atoms with Crippen molar-refractivity contribution in [2.24, 2.45) is 10.9 Å². The van der Waals surface area contributed by atoms with Gasteiger partial charge in [0.05, 0.1) is 11.6 Å². The lowest BCUT2D eigenvalue weighted by Gasteiger charge is -2.31. The molecule has 0 spiro atoms. The molecule has 3 aromatic carbocycles.